The Morgan fingerprint density at radius 3 is 2.95 bits per heavy atom. The van der Waals surface area contributed by atoms with E-state index in [1.807, 2.05) is 12.1 Å². The third kappa shape index (κ3) is 5.13. The van der Waals surface area contributed by atoms with Gasteiger partial charge in [-0.2, -0.15) is 9.97 Å². The second-order valence-corrected chi connectivity index (χ2v) is 9.87. The minimum Gasteiger partial charge on any atom is -0.462 e. The number of pyridine rings is 1. The van der Waals surface area contributed by atoms with Gasteiger partial charge in [-0.3, -0.25) is 9.78 Å². The predicted octanol–water partition coefficient (Wildman–Crippen LogP) is 4.07. The number of likely N-dealkylation sites (N-methyl/N-ethyl adjacent to an activating group) is 1. The molecule has 3 heterocycles. The van der Waals surface area contributed by atoms with Crippen molar-refractivity contribution < 1.29 is 13.9 Å². The molecule has 0 spiro atoms. The fraction of sp³-hybridized carbons (Fsp3) is 0.429. The molecule has 1 aliphatic carbocycles. The summed E-state index contributed by atoms with van der Waals surface area (Å²) < 4.78 is 22.1. The van der Waals surface area contributed by atoms with Crippen LogP contribution in [0.2, 0.25) is 0 Å². The standard InChI is InChI=1S/C28H33FN6O2/c1-4-22(36)30-12-13-31-27-21-15-32-25(20-9-5-7-18-11-10-17(2)23(18)20)24(29)26(21)33-28(34-27)37-16-19-8-6-14-35(19)3/h4-5,7,9,15,17,19H,1,6,8,10-14,16H2,2-3H3,(H,30,36)(H,31,33,34)/t17?,19-/m0/s1. The zero-order chi connectivity index (χ0) is 25.9. The molecule has 1 saturated heterocycles. The second-order valence-electron chi connectivity index (χ2n) is 9.87. The quantitative estimate of drug-likeness (QED) is 0.335. The molecule has 9 heteroatoms. The van der Waals surface area contributed by atoms with Gasteiger partial charge in [0.15, 0.2) is 5.82 Å². The minimum absolute atomic E-state index is 0.119. The number of amides is 1. The van der Waals surface area contributed by atoms with Gasteiger partial charge in [0.1, 0.15) is 23.6 Å². The van der Waals surface area contributed by atoms with Gasteiger partial charge in [-0.25, -0.2) is 4.39 Å². The van der Waals surface area contributed by atoms with Crippen molar-refractivity contribution in [1.82, 2.24) is 25.2 Å². The van der Waals surface area contributed by atoms with Crippen molar-refractivity contribution in [2.75, 3.05) is 38.6 Å². The lowest BCUT2D eigenvalue weighted by atomic mass is 9.94. The Kier molecular flexibility index (Phi) is 7.32. The van der Waals surface area contributed by atoms with Crippen molar-refractivity contribution in [3.8, 4) is 17.3 Å². The van der Waals surface area contributed by atoms with E-state index in [2.05, 4.69) is 57.1 Å². The number of carbonyl (C=O) groups is 1. The van der Waals surface area contributed by atoms with Crippen LogP contribution in [0.1, 0.15) is 43.2 Å². The molecular weight excluding hydrogens is 471 g/mol. The molecule has 2 N–H and O–H groups in total. The number of nitrogens with one attached hydrogen (secondary N) is 2. The number of fused-ring (bicyclic) bond motifs is 2. The Labute approximate surface area is 216 Å². The summed E-state index contributed by atoms with van der Waals surface area (Å²) in [6, 6.07) is 6.41. The van der Waals surface area contributed by atoms with Gasteiger partial charge in [-0.1, -0.05) is 31.7 Å². The molecular formula is C28H33FN6O2. The van der Waals surface area contributed by atoms with Crippen LogP contribution in [0.4, 0.5) is 10.2 Å². The number of anilines is 1. The van der Waals surface area contributed by atoms with E-state index in [9.17, 15) is 4.79 Å². The Morgan fingerprint density at radius 1 is 1.30 bits per heavy atom. The normalized spacial score (nSPS) is 19.1. The van der Waals surface area contributed by atoms with E-state index in [1.165, 1.54) is 17.2 Å². The van der Waals surface area contributed by atoms with Gasteiger partial charge in [0.2, 0.25) is 5.91 Å². The lowest BCUT2D eigenvalue weighted by Gasteiger charge is -2.19. The molecule has 3 aromatic rings. The number of carbonyl (C=O) groups excluding carboxylic acids is 1. The summed E-state index contributed by atoms with van der Waals surface area (Å²) in [5.74, 6) is 0.00954. The number of aryl methyl sites for hydroxylation is 1. The summed E-state index contributed by atoms with van der Waals surface area (Å²) in [5.41, 5.74) is 3.69. The number of hydrogen-bond acceptors (Lipinski definition) is 7. The maximum absolute atomic E-state index is 16.1. The molecule has 2 aromatic heterocycles. The number of rotatable bonds is 9. The van der Waals surface area contributed by atoms with Crippen LogP contribution in [0.25, 0.3) is 22.2 Å². The van der Waals surface area contributed by atoms with E-state index < -0.39 is 5.82 Å². The van der Waals surface area contributed by atoms with Crippen molar-refractivity contribution in [3.63, 3.8) is 0 Å². The molecule has 8 nitrogen and oxygen atoms in total. The maximum atomic E-state index is 16.1. The molecule has 5 rings (SSSR count). The number of ether oxygens (including phenoxy) is 1. The number of likely N-dealkylation sites (tertiary alicyclic amines) is 1. The largest absolute Gasteiger partial charge is 0.462 e. The van der Waals surface area contributed by atoms with Crippen LogP contribution in [-0.4, -0.2) is 65.1 Å². The fourth-order valence-corrected chi connectivity index (χ4v) is 5.36. The summed E-state index contributed by atoms with van der Waals surface area (Å²) in [6.45, 7) is 7.82. The first-order valence-corrected chi connectivity index (χ1v) is 12.9. The molecule has 0 saturated carbocycles. The molecule has 1 unspecified atom stereocenters. The third-order valence-corrected chi connectivity index (χ3v) is 7.43. The van der Waals surface area contributed by atoms with Crippen LogP contribution < -0.4 is 15.4 Å². The average Bonchev–Trinajstić information content (AvgIpc) is 3.50. The van der Waals surface area contributed by atoms with E-state index in [-0.39, 0.29) is 23.5 Å². The van der Waals surface area contributed by atoms with Gasteiger partial charge in [0, 0.05) is 30.9 Å². The highest BCUT2D eigenvalue weighted by Crippen LogP contribution is 2.41. The first-order chi connectivity index (χ1) is 18.0. The van der Waals surface area contributed by atoms with Gasteiger partial charge in [0.25, 0.3) is 0 Å². The van der Waals surface area contributed by atoms with Crippen molar-refractivity contribution in [2.45, 2.75) is 44.6 Å². The summed E-state index contributed by atoms with van der Waals surface area (Å²) in [4.78, 5) is 27.3. The number of benzene rings is 1. The molecule has 194 valence electrons. The topological polar surface area (TPSA) is 92.3 Å². The van der Waals surface area contributed by atoms with Gasteiger partial charge in [0.05, 0.1) is 5.39 Å². The van der Waals surface area contributed by atoms with Crippen LogP contribution in [0.5, 0.6) is 6.01 Å². The average molecular weight is 505 g/mol. The van der Waals surface area contributed by atoms with Crippen LogP contribution in [0, 0.1) is 5.82 Å². The number of hydrogen-bond donors (Lipinski definition) is 2. The van der Waals surface area contributed by atoms with Gasteiger partial charge in [-0.05, 0) is 62.4 Å². The van der Waals surface area contributed by atoms with Crippen LogP contribution in [0.15, 0.2) is 37.1 Å². The molecule has 1 amide bonds. The van der Waals surface area contributed by atoms with E-state index in [4.69, 9.17) is 4.74 Å². The highest BCUT2D eigenvalue weighted by molar-refractivity contribution is 5.92. The van der Waals surface area contributed by atoms with E-state index in [1.54, 1.807) is 6.20 Å². The Balaban J connectivity index is 1.51. The number of nitrogens with zero attached hydrogens (tertiary/aromatic N) is 4. The van der Waals surface area contributed by atoms with Crippen molar-refractivity contribution in [2.24, 2.45) is 0 Å². The summed E-state index contributed by atoms with van der Waals surface area (Å²) in [5, 5.41) is 6.36. The molecule has 1 fully saturated rings. The SMILES string of the molecule is C=CC(=O)NCCNc1nc(OC[C@@H]2CCCN2C)nc2c(F)c(-c3cccc4c3C(C)CC4)ncc12. The summed E-state index contributed by atoms with van der Waals surface area (Å²) >= 11 is 0. The van der Waals surface area contributed by atoms with Crippen molar-refractivity contribution in [3.05, 3.63) is 54.0 Å². The van der Waals surface area contributed by atoms with Gasteiger partial charge >= 0.3 is 6.01 Å². The predicted molar refractivity (Wildman–Crippen MR) is 142 cm³/mol. The fourth-order valence-electron chi connectivity index (χ4n) is 5.36. The summed E-state index contributed by atoms with van der Waals surface area (Å²) in [7, 11) is 2.07. The third-order valence-electron chi connectivity index (χ3n) is 7.43. The molecule has 37 heavy (non-hydrogen) atoms. The van der Waals surface area contributed by atoms with E-state index in [0.717, 1.165) is 37.8 Å². The van der Waals surface area contributed by atoms with Crippen LogP contribution in [-0.2, 0) is 11.2 Å². The number of aromatic nitrogens is 3. The first kappa shape index (κ1) is 25.1. The van der Waals surface area contributed by atoms with Crippen molar-refractivity contribution >= 4 is 22.6 Å². The molecule has 2 atom stereocenters. The summed E-state index contributed by atoms with van der Waals surface area (Å²) in [6.07, 6.45) is 7.04. The molecule has 2 aliphatic rings. The lowest BCUT2D eigenvalue weighted by molar-refractivity contribution is -0.116. The minimum atomic E-state index is -0.488. The molecule has 1 aromatic carbocycles. The first-order valence-electron chi connectivity index (χ1n) is 12.9. The monoisotopic (exact) mass is 504 g/mol. The molecule has 1 aliphatic heterocycles. The molecule has 0 radical (unpaired) electrons. The molecule has 0 bridgehead atoms. The van der Waals surface area contributed by atoms with Gasteiger partial charge in [-0.15, -0.1) is 0 Å². The lowest BCUT2D eigenvalue weighted by Crippen LogP contribution is -2.31. The van der Waals surface area contributed by atoms with Gasteiger partial charge < -0.3 is 20.3 Å². The zero-order valence-electron chi connectivity index (χ0n) is 21.4. The highest BCUT2D eigenvalue weighted by Gasteiger charge is 2.26. The Hall–Kier alpha value is -3.59. The van der Waals surface area contributed by atoms with Crippen LogP contribution >= 0.6 is 0 Å². The van der Waals surface area contributed by atoms with Crippen LogP contribution in [0.3, 0.4) is 0 Å². The maximum Gasteiger partial charge on any atom is 0.319 e. The smallest absolute Gasteiger partial charge is 0.319 e. The van der Waals surface area contributed by atoms with E-state index in [0.29, 0.717) is 42.5 Å². The number of halogens is 1. The zero-order valence-corrected chi connectivity index (χ0v) is 21.4. The Bertz CT molecular complexity index is 1330. The Morgan fingerprint density at radius 2 is 2.16 bits per heavy atom. The second kappa shape index (κ2) is 10.8. The van der Waals surface area contributed by atoms with E-state index >= 15 is 4.39 Å². The van der Waals surface area contributed by atoms with Crippen molar-refractivity contribution in [1.29, 1.82) is 0 Å². The highest BCUT2D eigenvalue weighted by atomic mass is 19.1.